The van der Waals surface area contributed by atoms with E-state index in [2.05, 4.69) is 165 Å². The Morgan fingerprint density at radius 3 is 1.65 bits per heavy atom. The van der Waals surface area contributed by atoms with Gasteiger partial charge in [0, 0.05) is 52.6 Å². The van der Waals surface area contributed by atoms with Gasteiger partial charge in [-0.25, -0.2) is 0 Å². The van der Waals surface area contributed by atoms with Gasteiger partial charge < -0.3 is 11.5 Å². The van der Waals surface area contributed by atoms with Gasteiger partial charge in [0.25, 0.3) is 0 Å². The lowest BCUT2D eigenvalue weighted by atomic mass is 9.96. The number of nitrogens with two attached hydrogens (primary N) is 2. The summed E-state index contributed by atoms with van der Waals surface area (Å²) in [5.74, 6) is 0. The summed E-state index contributed by atoms with van der Waals surface area (Å²) in [7, 11) is 0. The summed E-state index contributed by atoms with van der Waals surface area (Å²) in [5, 5.41) is 5.46. The second-order valence-corrected chi connectivity index (χ2v) is 15.5. The van der Waals surface area contributed by atoms with Crippen molar-refractivity contribution in [1.29, 1.82) is 0 Å². The van der Waals surface area contributed by atoms with Gasteiger partial charge in [0.1, 0.15) is 0 Å². The second-order valence-electron chi connectivity index (χ2n) is 13.3. The van der Waals surface area contributed by atoms with Gasteiger partial charge in [0.05, 0.1) is 0 Å². The third-order valence-corrected chi connectivity index (χ3v) is 12.0. The molecule has 2 heterocycles. The highest BCUT2D eigenvalue weighted by Crippen LogP contribution is 2.42. The van der Waals surface area contributed by atoms with Crippen LogP contribution in [0.2, 0.25) is 0 Å². The fourth-order valence-electron chi connectivity index (χ4n) is 7.00. The smallest absolute Gasteiger partial charge is 0.0361 e. The van der Waals surface area contributed by atoms with Crippen molar-refractivity contribution in [3.63, 3.8) is 0 Å². The largest absolute Gasteiger partial charge is 0.399 e. The molecule has 10 rings (SSSR count). The van der Waals surface area contributed by atoms with Crippen LogP contribution in [0.1, 0.15) is 11.1 Å². The Morgan fingerprint density at radius 2 is 0.944 bits per heavy atom. The summed E-state index contributed by atoms with van der Waals surface area (Å²) >= 11 is 3.74. The molecule has 0 aliphatic heterocycles. The van der Waals surface area contributed by atoms with E-state index in [0.717, 1.165) is 11.3 Å². The molecule has 0 saturated carbocycles. The molecule has 2 aromatic heterocycles. The summed E-state index contributed by atoms with van der Waals surface area (Å²) in [6, 6.07) is 66.1. The maximum atomic E-state index is 5.91. The first-order valence-electron chi connectivity index (χ1n) is 18.1. The van der Waals surface area contributed by atoms with Crippen LogP contribution in [0, 0.1) is 6.92 Å². The number of rotatable bonds is 4. The van der Waals surface area contributed by atoms with E-state index >= 15 is 0 Å². The molecule has 262 valence electrons. The maximum absolute atomic E-state index is 5.91. The Hall–Kier alpha value is -6.04. The van der Waals surface area contributed by atoms with Crippen molar-refractivity contribution in [3.8, 4) is 33.4 Å². The lowest BCUT2D eigenvalue weighted by Crippen LogP contribution is -1.95. The number of nitrogen functional groups attached to an aromatic ring is 1. The second kappa shape index (κ2) is 15.9. The standard InChI is InChI=1S/C31H23NS.C13H10S.C6H7N/c32-20-21-6-4-9-26(18-21)27-10-5-11-30-31(27)28-19-25(16-17-29(28)33-30)24-14-12-23(13-15-24)22-7-2-1-3-8-22;1-9-5-4-8-12-13(9)10-6-2-3-7-11(10)14-12;7-6-4-2-1-3-5-6/h1-19H,20,32H2;2-8H,1H3;1-5H,7H2. The fraction of sp³-hybridized carbons (Fsp3) is 0.0400. The Labute approximate surface area is 324 Å². The quantitative estimate of drug-likeness (QED) is 0.177. The first kappa shape index (κ1) is 35.0. The van der Waals surface area contributed by atoms with Crippen LogP contribution >= 0.6 is 22.7 Å². The van der Waals surface area contributed by atoms with Crippen LogP contribution in [0.5, 0.6) is 0 Å². The van der Waals surface area contributed by atoms with Gasteiger partial charge in [0.15, 0.2) is 0 Å². The molecular weight excluding hydrogens is 693 g/mol. The van der Waals surface area contributed by atoms with Gasteiger partial charge in [0.2, 0.25) is 0 Å². The van der Waals surface area contributed by atoms with Crippen LogP contribution in [0.25, 0.3) is 73.7 Å². The maximum Gasteiger partial charge on any atom is 0.0361 e. The first-order valence-corrected chi connectivity index (χ1v) is 19.8. The molecule has 0 radical (unpaired) electrons. The van der Waals surface area contributed by atoms with E-state index in [9.17, 15) is 0 Å². The number of hydrogen-bond donors (Lipinski definition) is 2. The number of anilines is 1. The Morgan fingerprint density at radius 1 is 0.407 bits per heavy atom. The third-order valence-electron chi connectivity index (χ3n) is 9.70. The normalized spacial score (nSPS) is 10.9. The van der Waals surface area contributed by atoms with Crippen LogP contribution < -0.4 is 11.5 Å². The predicted octanol–water partition coefficient (Wildman–Crippen LogP) is 14.1. The molecule has 0 aliphatic rings. The number of thiophene rings is 2. The van der Waals surface area contributed by atoms with Crippen LogP contribution in [0.3, 0.4) is 0 Å². The Kier molecular flexibility index (Phi) is 10.3. The van der Waals surface area contributed by atoms with E-state index < -0.39 is 0 Å². The van der Waals surface area contributed by atoms with E-state index in [4.69, 9.17) is 11.5 Å². The van der Waals surface area contributed by atoms with E-state index in [-0.39, 0.29) is 0 Å². The Bertz CT molecular complexity index is 2820. The molecule has 0 spiro atoms. The van der Waals surface area contributed by atoms with Crippen molar-refractivity contribution in [2.75, 3.05) is 5.73 Å². The third kappa shape index (κ3) is 7.41. The molecular formula is C50H40N2S2. The summed E-state index contributed by atoms with van der Waals surface area (Å²) in [4.78, 5) is 0. The molecule has 0 unspecified atom stereocenters. The van der Waals surface area contributed by atoms with E-state index in [0.29, 0.717) is 6.54 Å². The molecule has 4 heteroatoms. The highest BCUT2D eigenvalue weighted by Gasteiger charge is 2.13. The molecule has 0 fully saturated rings. The molecule has 54 heavy (non-hydrogen) atoms. The van der Waals surface area contributed by atoms with Crippen molar-refractivity contribution in [2.45, 2.75) is 13.5 Å². The number of fused-ring (bicyclic) bond motifs is 6. The molecule has 0 saturated heterocycles. The van der Waals surface area contributed by atoms with E-state index in [1.807, 2.05) is 53.0 Å². The molecule has 8 aromatic carbocycles. The summed E-state index contributed by atoms with van der Waals surface area (Å²) in [5.41, 5.74) is 22.1. The topological polar surface area (TPSA) is 52.0 Å². The first-order chi connectivity index (χ1) is 26.6. The van der Waals surface area contributed by atoms with Gasteiger partial charge in [-0.1, -0.05) is 140 Å². The summed E-state index contributed by atoms with van der Waals surface area (Å²) in [6.07, 6.45) is 0. The molecule has 0 amide bonds. The lowest BCUT2D eigenvalue weighted by molar-refractivity contribution is 1.07. The summed E-state index contributed by atoms with van der Waals surface area (Å²) < 4.78 is 5.41. The van der Waals surface area contributed by atoms with Gasteiger partial charge in [-0.05, 0) is 100.0 Å². The highest BCUT2D eigenvalue weighted by molar-refractivity contribution is 7.26. The minimum atomic E-state index is 0.553. The zero-order valence-electron chi connectivity index (χ0n) is 30.1. The predicted molar refractivity (Wildman–Crippen MR) is 238 cm³/mol. The highest BCUT2D eigenvalue weighted by atomic mass is 32.1. The van der Waals surface area contributed by atoms with E-state index in [1.54, 1.807) is 0 Å². The summed E-state index contributed by atoms with van der Waals surface area (Å²) in [6.45, 7) is 2.73. The van der Waals surface area contributed by atoms with Crippen molar-refractivity contribution in [1.82, 2.24) is 0 Å². The average Bonchev–Trinajstić information content (AvgIpc) is 3.81. The molecule has 0 aliphatic carbocycles. The Balaban J connectivity index is 0.000000160. The van der Waals surface area contributed by atoms with Gasteiger partial charge in [-0.3, -0.25) is 0 Å². The number of para-hydroxylation sites is 1. The van der Waals surface area contributed by atoms with Gasteiger partial charge >= 0.3 is 0 Å². The average molecular weight is 733 g/mol. The van der Waals surface area contributed by atoms with Crippen molar-refractivity contribution in [2.24, 2.45) is 5.73 Å². The van der Waals surface area contributed by atoms with Crippen molar-refractivity contribution >= 4 is 68.7 Å². The van der Waals surface area contributed by atoms with Gasteiger partial charge in [-0.15, -0.1) is 22.7 Å². The molecule has 2 nitrogen and oxygen atoms in total. The fourth-order valence-corrected chi connectivity index (χ4v) is 9.30. The van der Waals surface area contributed by atoms with Crippen LogP contribution in [-0.2, 0) is 6.54 Å². The number of benzene rings is 8. The SMILES string of the molecule is Cc1cccc2sc3ccccc3c12.NCc1cccc(-c2cccc3sc4ccc(-c5ccc(-c6ccccc6)cc5)cc4c23)c1.Nc1ccccc1. The monoisotopic (exact) mass is 732 g/mol. The van der Waals surface area contributed by atoms with E-state index in [1.165, 1.54) is 79.3 Å². The van der Waals surface area contributed by atoms with Crippen LogP contribution in [0.4, 0.5) is 5.69 Å². The molecule has 10 aromatic rings. The van der Waals surface area contributed by atoms with Crippen molar-refractivity contribution in [3.05, 3.63) is 199 Å². The van der Waals surface area contributed by atoms with Crippen LogP contribution in [0.15, 0.2) is 188 Å². The zero-order valence-corrected chi connectivity index (χ0v) is 31.7. The zero-order chi connectivity index (χ0) is 36.9. The molecule has 4 N–H and O–H groups in total. The number of hydrogen-bond acceptors (Lipinski definition) is 4. The molecule has 0 bridgehead atoms. The minimum absolute atomic E-state index is 0.553. The van der Waals surface area contributed by atoms with Gasteiger partial charge in [-0.2, -0.15) is 0 Å². The lowest BCUT2D eigenvalue weighted by Gasteiger charge is -2.08. The molecule has 0 atom stereocenters. The number of aryl methyl sites for hydroxylation is 1. The van der Waals surface area contributed by atoms with Crippen LogP contribution in [-0.4, -0.2) is 0 Å². The van der Waals surface area contributed by atoms with Crippen molar-refractivity contribution < 1.29 is 0 Å². The minimum Gasteiger partial charge on any atom is -0.399 e.